The lowest BCUT2D eigenvalue weighted by Crippen LogP contribution is -2.40. The third kappa shape index (κ3) is 7.55. The van der Waals surface area contributed by atoms with Crippen molar-refractivity contribution in [1.82, 2.24) is 4.90 Å². The van der Waals surface area contributed by atoms with Crippen LogP contribution >= 0.6 is 0 Å². The number of piperidine rings is 1. The number of nitrogens with zero attached hydrogens (tertiary/aromatic N) is 1. The summed E-state index contributed by atoms with van der Waals surface area (Å²) in [6, 6.07) is 30.4. The van der Waals surface area contributed by atoms with Crippen molar-refractivity contribution in [3.63, 3.8) is 0 Å². The zero-order valence-corrected chi connectivity index (χ0v) is 25.4. The first kappa shape index (κ1) is 31.8. The van der Waals surface area contributed by atoms with Crippen LogP contribution in [0.3, 0.4) is 0 Å². The smallest absolute Gasteiger partial charge is 0.328 e. The molecular formula is C38H38F2N2O3. The van der Waals surface area contributed by atoms with E-state index in [1.807, 2.05) is 66.7 Å². The summed E-state index contributed by atoms with van der Waals surface area (Å²) in [5.41, 5.74) is 4.56. The van der Waals surface area contributed by atoms with E-state index in [0.29, 0.717) is 28.3 Å². The van der Waals surface area contributed by atoms with E-state index in [-0.39, 0.29) is 30.5 Å². The van der Waals surface area contributed by atoms with E-state index in [1.54, 1.807) is 30.3 Å². The third-order valence-electron chi connectivity index (χ3n) is 8.45. The minimum absolute atomic E-state index is 0.0384. The van der Waals surface area contributed by atoms with Gasteiger partial charge in [0.15, 0.2) is 0 Å². The van der Waals surface area contributed by atoms with Gasteiger partial charge in [-0.25, -0.2) is 13.6 Å². The molecule has 1 N–H and O–H groups in total. The number of carbonyl (C=O) groups is 2. The van der Waals surface area contributed by atoms with Crippen molar-refractivity contribution >= 4 is 17.6 Å². The average Bonchev–Trinajstić information content (AvgIpc) is 3.08. The SMILES string of the molecule is C=CCOC(=O)C(c1ccccc1)N1CCC(c2ccc(NC(=O)c3ccccc3-c3ccc(C(F)(F)CC)cc3)cc2)CC1. The number of likely N-dealkylation sites (tertiary alicyclic amines) is 1. The molecule has 1 heterocycles. The van der Waals surface area contributed by atoms with Gasteiger partial charge in [-0.05, 0) is 72.3 Å². The van der Waals surface area contributed by atoms with Gasteiger partial charge in [0.1, 0.15) is 12.6 Å². The molecule has 0 radical (unpaired) electrons. The average molecular weight is 609 g/mol. The monoisotopic (exact) mass is 608 g/mol. The van der Waals surface area contributed by atoms with Crippen molar-refractivity contribution in [3.05, 3.63) is 138 Å². The van der Waals surface area contributed by atoms with Crippen molar-refractivity contribution in [3.8, 4) is 11.1 Å². The van der Waals surface area contributed by atoms with Gasteiger partial charge < -0.3 is 10.1 Å². The Morgan fingerprint density at radius 3 is 2.22 bits per heavy atom. The fourth-order valence-corrected chi connectivity index (χ4v) is 5.91. The molecule has 0 aromatic heterocycles. The summed E-state index contributed by atoms with van der Waals surface area (Å²) in [6.07, 6.45) is 3.08. The molecular weight excluding hydrogens is 570 g/mol. The first-order valence-electron chi connectivity index (χ1n) is 15.4. The zero-order chi connectivity index (χ0) is 31.8. The van der Waals surface area contributed by atoms with Gasteiger partial charge in [0.25, 0.3) is 11.8 Å². The van der Waals surface area contributed by atoms with Crippen molar-refractivity contribution in [2.45, 2.75) is 44.1 Å². The topological polar surface area (TPSA) is 58.6 Å². The Bertz CT molecular complexity index is 1600. The first-order valence-corrected chi connectivity index (χ1v) is 15.4. The molecule has 0 aliphatic carbocycles. The molecule has 7 heteroatoms. The fourth-order valence-electron chi connectivity index (χ4n) is 5.91. The van der Waals surface area contributed by atoms with Gasteiger partial charge in [-0.1, -0.05) is 105 Å². The molecule has 1 fully saturated rings. The molecule has 0 saturated carbocycles. The molecule has 45 heavy (non-hydrogen) atoms. The molecule has 1 amide bonds. The maximum Gasteiger partial charge on any atom is 0.328 e. The first-order chi connectivity index (χ1) is 21.8. The number of anilines is 1. The van der Waals surface area contributed by atoms with Gasteiger partial charge in [-0.2, -0.15) is 0 Å². The summed E-state index contributed by atoms with van der Waals surface area (Å²) in [4.78, 5) is 28.5. The lowest BCUT2D eigenvalue weighted by molar-refractivity contribution is -0.149. The van der Waals surface area contributed by atoms with Gasteiger partial charge >= 0.3 is 5.97 Å². The summed E-state index contributed by atoms with van der Waals surface area (Å²) < 4.78 is 33.7. The van der Waals surface area contributed by atoms with Crippen LogP contribution in [0.1, 0.15) is 65.2 Å². The standard InChI is InChI=1S/C38H38F2N2O3/c1-3-26-45-37(44)35(30-10-6-5-7-11-30)42-24-22-28(23-25-42)27-16-20-32(21-17-27)41-36(43)34-13-9-8-12-33(34)29-14-18-31(19-15-29)38(39,40)4-2/h3,5-21,28,35H,1,4,22-26H2,2H3,(H,41,43). The van der Waals surface area contributed by atoms with E-state index in [0.717, 1.165) is 31.5 Å². The van der Waals surface area contributed by atoms with Crippen molar-refractivity contribution in [1.29, 1.82) is 0 Å². The number of hydrogen-bond acceptors (Lipinski definition) is 4. The number of alkyl halides is 2. The molecule has 232 valence electrons. The van der Waals surface area contributed by atoms with Crippen LogP contribution in [0.4, 0.5) is 14.5 Å². The number of carbonyl (C=O) groups excluding carboxylic acids is 2. The van der Waals surface area contributed by atoms with Gasteiger partial charge in [-0.3, -0.25) is 9.69 Å². The van der Waals surface area contributed by atoms with E-state index < -0.39 is 12.0 Å². The molecule has 1 aliphatic heterocycles. The molecule has 0 spiro atoms. The summed E-state index contributed by atoms with van der Waals surface area (Å²) in [6.45, 7) is 6.79. The number of esters is 1. The second-order valence-electron chi connectivity index (χ2n) is 11.3. The molecule has 1 saturated heterocycles. The Hall–Kier alpha value is -4.62. The Morgan fingerprint density at radius 1 is 0.933 bits per heavy atom. The van der Waals surface area contributed by atoms with Crippen LogP contribution in [0.25, 0.3) is 11.1 Å². The van der Waals surface area contributed by atoms with Crippen molar-refractivity contribution in [2.24, 2.45) is 0 Å². The van der Waals surface area contributed by atoms with Gasteiger partial charge in [0, 0.05) is 23.2 Å². The second-order valence-corrected chi connectivity index (χ2v) is 11.3. The normalized spacial score (nSPS) is 14.8. The number of halogens is 2. The van der Waals surface area contributed by atoms with Crippen LogP contribution in [0.15, 0.2) is 116 Å². The summed E-state index contributed by atoms with van der Waals surface area (Å²) in [5.74, 6) is -3.10. The van der Waals surface area contributed by atoms with Crippen LogP contribution in [0.5, 0.6) is 0 Å². The predicted molar refractivity (Wildman–Crippen MR) is 174 cm³/mol. The predicted octanol–water partition coefficient (Wildman–Crippen LogP) is 8.76. The Balaban J connectivity index is 1.23. The highest BCUT2D eigenvalue weighted by atomic mass is 19.3. The summed E-state index contributed by atoms with van der Waals surface area (Å²) in [7, 11) is 0. The van der Waals surface area contributed by atoms with Crippen LogP contribution in [-0.2, 0) is 15.5 Å². The zero-order valence-electron chi connectivity index (χ0n) is 25.4. The molecule has 1 aliphatic rings. The number of benzene rings is 4. The second kappa shape index (κ2) is 14.4. The Labute approximate surface area is 263 Å². The third-order valence-corrected chi connectivity index (χ3v) is 8.45. The highest BCUT2D eigenvalue weighted by Crippen LogP contribution is 2.35. The molecule has 1 atom stereocenters. The van der Waals surface area contributed by atoms with Gasteiger partial charge in [0.05, 0.1) is 0 Å². The van der Waals surface area contributed by atoms with E-state index >= 15 is 0 Å². The Morgan fingerprint density at radius 2 is 1.58 bits per heavy atom. The number of hydrogen-bond donors (Lipinski definition) is 1. The summed E-state index contributed by atoms with van der Waals surface area (Å²) in [5, 5.41) is 2.99. The van der Waals surface area contributed by atoms with Crippen LogP contribution in [0, 0.1) is 0 Å². The van der Waals surface area contributed by atoms with E-state index in [4.69, 9.17) is 4.74 Å². The van der Waals surface area contributed by atoms with E-state index in [9.17, 15) is 18.4 Å². The maximum absolute atomic E-state index is 14.1. The Kier molecular flexibility index (Phi) is 10.2. The van der Waals surface area contributed by atoms with Crippen molar-refractivity contribution < 1.29 is 23.1 Å². The molecule has 4 aromatic rings. The molecule has 5 rings (SSSR count). The fraction of sp³-hybridized carbons (Fsp3) is 0.263. The number of rotatable bonds is 11. The lowest BCUT2D eigenvalue weighted by Gasteiger charge is -2.36. The molecule has 5 nitrogen and oxygen atoms in total. The van der Waals surface area contributed by atoms with E-state index in [2.05, 4.69) is 16.8 Å². The highest BCUT2D eigenvalue weighted by Gasteiger charge is 2.32. The highest BCUT2D eigenvalue weighted by molar-refractivity contribution is 6.08. The van der Waals surface area contributed by atoms with Gasteiger partial charge in [-0.15, -0.1) is 0 Å². The summed E-state index contributed by atoms with van der Waals surface area (Å²) >= 11 is 0. The van der Waals surface area contributed by atoms with Crippen LogP contribution in [0.2, 0.25) is 0 Å². The van der Waals surface area contributed by atoms with Crippen LogP contribution < -0.4 is 5.32 Å². The molecule has 4 aromatic carbocycles. The molecule has 1 unspecified atom stereocenters. The van der Waals surface area contributed by atoms with Gasteiger partial charge in [0.2, 0.25) is 0 Å². The largest absolute Gasteiger partial charge is 0.460 e. The number of ether oxygens (including phenoxy) is 1. The minimum Gasteiger partial charge on any atom is -0.460 e. The molecule has 0 bridgehead atoms. The quantitative estimate of drug-likeness (QED) is 0.137. The van der Waals surface area contributed by atoms with Crippen molar-refractivity contribution in [2.75, 3.05) is 25.0 Å². The lowest BCUT2D eigenvalue weighted by atomic mass is 9.88. The maximum atomic E-state index is 14.1. The van der Waals surface area contributed by atoms with E-state index in [1.165, 1.54) is 24.6 Å². The number of amides is 1. The number of nitrogens with one attached hydrogen (secondary N) is 1. The minimum atomic E-state index is -2.89. The van der Waals surface area contributed by atoms with Crippen LogP contribution in [-0.4, -0.2) is 36.5 Å².